The van der Waals surface area contributed by atoms with Crippen molar-refractivity contribution in [3.63, 3.8) is 0 Å². The summed E-state index contributed by atoms with van der Waals surface area (Å²) in [5.74, 6) is -0.0882. The van der Waals surface area contributed by atoms with E-state index < -0.39 is 0 Å². The number of aliphatic hydroxyl groups excluding tert-OH is 1. The van der Waals surface area contributed by atoms with Gasteiger partial charge in [-0.05, 0) is 12.1 Å². The lowest BCUT2D eigenvalue weighted by molar-refractivity contribution is -0.130. The third kappa shape index (κ3) is 2.29. The van der Waals surface area contributed by atoms with Crippen LogP contribution in [0.1, 0.15) is 18.7 Å². The van der Waals surface area contributed by atoms with E-state index >= 15 is 0 Å². The minimum atomic E-state index is -0.353. The van der Waals surface area contributed by atoms with Crippen LogP contribution in [0.15, 0.2) is 24.4 Å². The Morgan fingerprint density at radius 1 is 1.64 bits per heavy atom. The van der Waals surface area contributed by atoms with Crippen molar-refractivity contribution in [2.45, 2.75) is 13.0 Å². The molecule has 0 aliphatic heterocycles. The molecule has 1 aromatic rings. The molecule has 0 radical (unpaired) electrons. The lowest BCUT2D eigenvalue weighted by atomic mass is 10.2. The molecule has 1 unspecified atom stereocenters. The first-order valence-corrected chi connectivity index (χ1v) is 4.42. The van der Waals surface area contributed by atoms with Crippen LogP contribution in [0.3, 0.4) is 0 Å². The highest BCUT2D eigenvalue weighted by molar-refractivity contribution is 5.73. The summed E-state index contributed by atoms with van der Waals surface area (Å²) < 4.78 is 0. The number of aliphatic hydroxyl groups is 1. The van der Waals surface area contributed by atoms with Crippen LogP contribution in [-0.4, -0.2) is 34.6 Å². The molecular weight excluding hydrogens is 180 g/mol. The minimum Gasteiger partial charge on any atom is -0.394 e. The molecule has 14 heavy (non-hydrogen) atoms. The molecule has 0 bridgehead atoms. The van der Waals surface area contributed by atoms with Crippen molar-refractivity contribution in [2.75, 3.05) is 13.7 Å². The van der Waals surface area contributed by atoms with Gasteiger partial charge in [0.2, 0.25) is 5.91 Å². The fraction of sp³-hybridized carbons (Fsp3) is 0.400. The van der Waals surface area contributed by atoms with E-state index in [9.17, 15) is 4.79 Å². The Bertz CT molecular complexity index is 300. The first-order chi connectivity index (χ1) is 6.66. The van der Waals surface area contributed by atoms with E-state index in [1.807, 2.05) is 6.07 Å². The second kappa shape index (κ2) is 4.72. The number of rotatable bonds is 3. The van der Waals surface area contributed by atoms with Crippen LogP contribution in [0.4, 0.5) is 0 Å². The summed E-state index contributed by atoms with van der Waals surface area (Å²) in [5, 5.41) is 9.16. The monoisotopic (exact) mass is 194 g/mol. The number of nitrogens with zero attached hydrogens (tertiary/aromatic N) is 2. The van der Waals surface area contributed by atoms with Gasteiger partial charge in [-0.3, -0.25) is 9.78 Å². The van der Waals surface area contributed by atoms with Crippen LogP contribution >= 0.6 is 0 Å². The molecule has 0 spiro atoms. The highest BCUT2D eigenvalue weighted by Gasteiger charge is 2.18. The number of aromatic nitrogens is 1. The maximum atomic E-state index is 11.1. The number of likely N-dealkylation sites (N-methyl/N-ethyl adjacent to an activating group) is 1. The average Bonchev–Trinajstić information content (AvgIpc) is 2.20. The van der Waals surface area contributed by atoms with Crippen LogP contribution < -0.4 is 0 Å². The molecule has 0 fully saturated rings. The zero-order chi connectivity index (χ0) is 10.6. The normalized spacial score (nSPS) is 12.2. The Balaban J connectivity index is 2.87. The van der Waals surface area contributed by atoms with Crippen LogP contribution in [0.2, 0.25) is 0 Å². The summed E-state index contributed by atoms with van der Waals surface area (Å²) in [4.78, 5) is 16.7. The Morgan fingerprint density at radius 3 is 2.79 bits per heavy atom. The molecule has 1 atom stereocenters. The van der Waals surface area contributed by atoms with E-state index in [1.54, 1.807) is 25.4 Å². The average molecular weight is 194 g/mol. The summed E-state index contributed by atoms with van der Waals surface area (Å²) in [6, 6.07) is 5.07. The third-order valence-corrected chi connectivity index (χ3v) is 2.17. The van der Waals surface area contributed by atoms with Crippen molar-refractivity contribution in [2.24, 2.45) is 0 Å². The van der Waals surface area contributed by atoms with Crippen LogP contribution in [0, 0.1) is 0 Å². The highest BCUT2D eigenvalue weighted by Crippen LogP contribution is 2.15. The van der Waals surface area contributed by atoms with Gasteiger partial charge in [-0.15, -0.1) is 0 Å². The Morgan fingerprint density at radius 2 is 2.36 bits per heavy atom. The quantitative estimate of drug-likeness (QED) is 0.766. The molecule has 1 rings (SSSR count). The standard InChI is InChI=1S/C10H14N2O2/c1-8(14)12(2)10(7-13)9-5-3-4-6-11-9/h3-6,10,13H,7H2,1-2H3. The molecular formula is C10H14N2O2. The van der Waals surface area contributed by atoms with Gasteiger partial charge >= 0.3 is 0 Å². The van der Waals surface area contributed by atoms with E-state index in [-0.39, 0.29) is 18.6 Å². The van der Waals surface area contributed by atoms with Gasteiger partial charge in [-0.1, -0.05) is 6.07 Å². The number of amides is 1. The first-order valence-electron chi connectivity index (χ1n) is 4.42. The van der Waals surface area contributed by atoms with Gasteiger partial charge in [-0.2, -0.15) is 0 Å². The van der Waals surface area contributed by atoms with Gasteiger partial charge in [0.15, 0.2) is 0 Å². The van der Waals surface area contributed by atoms with Crippen molar-refractivity contribution in [1.82, 2.24) is 9.88 Å². The van der Waals surface area contributed by atoms with E-state index in [0.29, 0.717) is 5.69 Å². The molecule has 0 saturated heterocycles. The lowest BCUT2D eigenvalue weighted by Crippen LogP contribution is -2.31. The molecule has 0 aliphatic rings. The third-order valence-electron chi connectivity index (χ3n) is 2.17. The summed E-state index contributed by atoms with van der Waals surface area (Å²) in [5.41, 5.74) is 0.702. The number of pyridine rings is 1. The Hall–Kier alpha value is -1.42. The summed E-state index contributed by atoms with van der Waals surface area (Å²) >= 11 is 0. The van der Waals surface area contributed by atoms with E-state index in [2.05, 4.69) is 4.98 Å². The van der Waals surface area contributed by atoms with Crippen molar-refractivity contribution in [1.29, 1.82) is 0 Å². The molecule has 4 nitrogen and oxygen atoms in total. The summed E-state index contributed by atoms with van der Waals surface area (Å²) in [7, 11) is 1.65. The van der Waals surface area contributed by atoms with Gasteiger partial charge in [-0.25, -0.2) is 0 Å². The van der Waals surface area contributed by atoms with Crippen molar-refractivity contribution < 1.29 is 9.90 Å². The topological polar surface area (TPSA) is 53.4 Å². The molecule has 4 heteroatoms. The van der Waals surface area contributed by atoms with Gasteiger partial charge in [0.25, 0.3) is 0 Å². The van der Waals surface area contributed by atoms with E-state index in [0.717, 1.165) is 0 Å². The molecule has 1 heterocycles. The van der Waals surface area contributed by atoms with Gasteiger partial charge in [0.1, 0.15) is 0 Å². The zero-order valence-corrected chi connectivity index (χ0v) is 8.34. The largest absolute Gasteiger partial charge is 0.394 e. The van der Waals surface area contributed by atoms with Gasteiger partial charge in [0, 0.05) is 20.2 Å². The molecule has 0 aromatic carbocycles. The second-order valence-corrected chi connectivity index (χ2v) is 3.08. The van der Waals surface area contributed by atoms with Crippen LogP contribution in [0.5, 0.6) is 0 Å². The van der Waals surface area contributed by atoms with E-state index in [1.165, 1.54) is 11.8 Å². The van der Waals surface area contributed by atoms with E-state index in [4.69, 9.17) is 5.11 Å². The highest BCUT2D eigenvalue weighted by atomic mass is 16.3. The first kappa shape index (κ1) is 10.7. The molecule has 1 amide bonds. The number of carbonyl (C=O) groups is 1. The summed E-state index contributed by atoms with van der Waals surface area (Å²) in [6.07, 6.45) is 1.64. The van der Waals surface area contributed by atoms with Crippen LogP contribution in [-0.2, 0) is 4.79 Å². The smallest absolute Gasteiger partial charge is 0.219 e. The van der Waals surface area contributed by atoms with Gasteiger partial charge in [0.05, 0.1) is 18.3 Å². The van der Waals surface area contributed by atoms with Crippen molar-refractivity contribution in [3.05, 3.63) is 30.1 Å². The van der Waals surface area contributed by atoms with Gasteiger partial charge < -0.3 is 10.0 Å². The van der Waals surface area contributed by atoms with Crippen molar-refractivity contribution >= 4 is 5.91 Å². The molecule has 0 aliphatic carbocycles. The summed E-state index contributed by atoms with van der Waals surface area (Å²) in [6.45, 7) is 1.35. The molecule has 1 N–H and O–H groups in total. The second-order valence-electron chi connectivity index (χ2n) is 3.08. The fourth-order valence-electron chi connectivity index (χ4n) is 1.21. The predicted molar refractivity (Wildman–Crippen MR) is 52.5 cm³/mol. The van der Waals surface area contributed by atoms with Crippen molar-refractivity contribution in [3.8, 4) is 0 Å². The fourth-order valence-corrected chi connectivity index (χ4v) is 1.21. The Kier molecular flexibility index (Phi) is 3.59. The zero-order valence-electron chi connectivity index (χ0n) is 8.34. The predicted octanol–water partition coefficient (Wildman–Crippen LogP) is 0.593. The number of hydrogen-bond acceptors (Lipinski definition) is 3. The minimum absolute atomic E-state index is 0.0882. The maximum Gasteiger partial charge on any atom is 0.219 e. The number of carbonyl (C=O) groups excluding carboxylic acids is 1. The maximum absolute atomic E-state index is 11.1. The molecule has 1 aromatic heterocycles. The molecule has 76 valence electrons. The van der Waals surface area contributed by atoms with Crippen LogP contribution in [0.25, 0.3) is 0 Å². The number of hydrogen-bond donors (Lipinski definition) is 1. The SMILES string of the molecule is CC(=O)N(C)C(CO)c1ccccn1. The Labute approximate surface area is 83.2 Å². The lowest BCUT2D eigenvalue weighted by Gasteiger charge is -2.24. The molecule has 0 saturated carbocycles.